The van der Waals surface area contributed by atoms with Crippen molar-refractivity contribution in [1.82, 2.24) is 25.1 Å². The van der Waals surface area contributed by atoms with Gasteiger partial charge in [0, 0.05) is 30.6 Å². The maximum Gasteiger partial charge on any atom is 0.416 e. The van der Waals surface area contributed by atoms with Crippen LogP contribution in [0.4, 0.5) is 17.6 Å². The number of rotatable bonds is 5. The van der Waals surface area contributed by atoms with Gasteiger partial charge in [-0.15, -0.1) is 0 Å². The molecule has 0 spiro atoms. The minimum absolute atomic E-state index is 0.232. The van der Waals surface area contributed by atoms with E-state index in [1.54, 1.807) is 23.0 Å². The van der Waals surface area contributed by atoms with E-state index >= 15 is 0 Å². The van der Waals surface area contributed by atoms with Gasteiger partial charge in [0.2, 0.25) is 11.8 Å². The number of carbonyl (C=O) groups excluding carboxylic acids is 1. The van der Waals surface area contributed by atoms with Crippen LogP contribution in [0.5, 0.6) is 5.88 Å². The summed E-state index contributed by atoms with van der Waals surface area (Å²) in [6.45, 7) is 0. The summed E-state index contributed by atoms with van der Waals surface area (Å²) in [5.74, 6) is -0.926. The number of nitrogens with one attached hydrogen (secondary N) is 1. The van der Waals surface area contributed by atoms with Crippen LogP contribution in [0.2, 0.25) is 0 Å². The lowest BCUT2D eigenvalue weighted by atomic mass is 9.93. The highest BCUT2D eigenvalue weighted by atomic mass is 19.4. The lowest BCUT2D eigenvalue weighted by Crippen LogP contribution is -2.37. The van der Waals surface area contributed by atoms with Crippen LogP contribution in [0.25, 0.3) is 22.8 Å². The Morgan fingerprint density at radius 1 is 1.22 bits per heavy atom. The van der Waals surface area contributed by atoms with Crippen LogP contribution in [0.1, 0.15) is 28.8 Å². The smallest absolute Gasteiger partial charge is 0.416 e. The van der Waals surface area contributed by atoms with E-state index in [2.05, 4.69) is 15.3 Å². The fraction of sp³-hybridized carbons (Fsp3) is 0.231. The van der Waals surface area contributed by atoms with Crippen LogP contribution in [0, 0.1) is 5.82 Å². The van der Waals surface area contributed by atoms with E-state index < -0.39 is 29.0 Å². The third-order valence-electron chi connectivity index (χ3n) is 6.15. The number of pyridine rings is 2. The molecule has 1 aliphatic rings. The first-order chi connectivity index (χ1) is 17.7. The fourth-order valence-electron chi connectivity index (χ4n) is 4.39. The van der Waals surface area contributed by atoms with Gasteiger partial charge in [0.1, 0.15) is 11.3 Å². The van der Waals surface area contributed by atoms with E-state index in [0.717, 1.165) is 41.2 Å². The largest absolute Gasteiger partial charge is 0.481 e. The number of alkyl halides is 3. The van der Waals surface area contributed by atoms with E-state index in [4.69, 9.17) is 9.84 Å². The number of halogens is 4. The van der Waals surface area contributed by atoms with Crippen molar-refractivity contribution in [2.75, 3.05) is 7.11 Å². The topological polar surface area (TPSA) is 81.9 Å². The molecule has 1 aliphatic carbocycles. The Hall–Kier alpha value is -4.28. The van der Waals surface area contributed by atoms with Crippen molar-refractivity contribution in [3.63, 3.8) is 0 Å². The molecule has 37 heavy (non-hydrogen) atoms. The molecule has 0 radical (unpaired) electrons. The zero-order valence-electron chi connectivity index (χ0n) is 19.6. The maximum absolute atomic E-state index is 13.5. The van der Waals surface area contributed by atoms with Gasteiger partial charge in [0.25, 0.3) is 0 Å². The van der Waals surface area contributed by atoms with Gasteiger partial charge in [0.05, 0.1) is 29.6 Å². The number of methoxy groups -OCH3 is 1. The Kier molecular flexibility index (Phi) is 6.36. The Balaban J connectivity index is 1.31. The Bertz CT molecular complexity index is 1510. The van der Waals surface area contributed by atoms with Crippen molar-refractivity contribution in [1.29, 1.82) is 0 Å². The summed E-state index contributed by atoms with van der Waals surface area (Å²) < 4.78 is 60.0. The van der Waals surface area contributed by atoms with Crippen LogP contribution < -0.4 is 10.1 Å². The average Bonchev–Trinajstić information content (AvgIpc) is 3.29. The van der Waals surface area contributed by atoms with E-state index in [1.165, 1.54) is 7.11 Å². The van der Waals surface area contributed by atoms with Crippen LogP contribution in [-0.4, -0.2) is 38.8 Å². The van der Waals surface area contributed by atoms with Gasteiger partial charge in [-0.05, 0) is 66.8 Å². The molecule has 4 aromatic rings. The molecule has 3 heterocycles. The normalized spacial score (nSPS) is 15.6. The lowest BCUT2D eigenvalue weighted by Gasteiger charge is -2.21. The van der Waals surface area contributed by atoms with Gasteiger partial charge < -0.3 is 10.1 Å². The number of ether oxygens (including phenoxy) is 1. The maximum atomic E-state index is 13.5. The summed E-state index contributed by atoms with van der Waals surface area (Å²) >= 11 is 0. The molecular formula is C26H21F4N5O2. The molecule has 1 aromatic carbocycles. The summed E-state index contributed by atoms with van der Waals surface area (Å²) in [5.41, 5.74) is 2.47. The lowest BCUT2D eigenvalue weighted by molar-refractivity contribution is -0.137. The standard InChI is InChI=1S/C26H21F4N5O2/c1-37-24-9-7-21-25(33-24)22(10-11-31-21)35-14-16-13-18(4-6-20(16)34-35)32-23(36)8-2-15-12-17(27)3-5-19(15)26(28,29)30/h2-3,5,7-12,14,18H,4,6,13H2,1H3,(H,32,36)/b8-2+. The number of nitrogens with zero attached hydrogens (tertiary/aromatic N) is 4. The molecule has 1 unspecified atom stereocenters. The van der Waals surface area contributed by atoms with E-state index in [-0.39, 0.29) is 6.04 Å². The number of hydrogen-bond acceptors (Lipinski definition) is 5. The van der Waals surface area contributed by atoms with Crippen molar-refractivity contribution < 1.29 is 27.1 Å². The summed E-state index contributed by atoms with van der Waals surface area (Å²) in [7, 11) is 1.54. The second-order valence-electron chi connectivity index (χ2n) is 8.61. The molecule has 0 fully saturated rings. The molecule has 1 amide bonds. The van der Waals surface area contributed by atoms with Gasteiger partial charge in [-0.1, -0.05) is 0 Å². The first-order valence-electron chi connectivity index (χ1n) is 11.4. The van der Waals surface area contributed by atoms with Crippen LogP contribution >= 0.6 is 0 Å². The van der Waals surface area contributed by atoms with E-state index in [9.17, 15) is 22.4 Å². The van der Waals surface area contributed by atoms with Crippen molar-refractivity contribution in [3.8, 4) is 11.6 Å². The number of carbonyl (C=O) groups is 1. The van der Waals surface area contributed by atoms with E-state index in [1.807, 2.05) is 12.3 Å². The third kappa shape index (κ3) is 5.16. The molecule has 0 saturated carbocycles. The number of aryl methyl sites for hydroxylation is 1. The highest BCUT2D eigenvalue weighted by Gasteiger charge is 2.33. The number of aromatic nitrogens is 4. The molecule has 1 atom stereocenters. The van der Waals surface area contributed by atoms with Crippen molar-refractivity contribution in [3.05, 3.63) is 83.1 Å². The fourth-order valence-corrected chi connectivity index (χ4v) is 4.39. The minimum Gasteiger partial charge on any atom is -0.481 e. The Morgan fingerprint density at radius 2 is 2.05 bits per heavy atom. The zero-order valence-corrected chi connectivity index (χ0v) is 19.6. The molecule has 0 bridgehead atoms. The van der Waals surface area contributed by atoms with Gasteiger partial charge in [-0.3, -0.25) is 9.78 Å². The predicted octanol–water partition coefficient (Wildman–Crippen LogP) is 4.67. The highest BCUT2D eigenvalue weighted by Crippen LogP contribution is 2.33. The summed E-state index contributed by atoms with van der Waals surface area (Å²) in [6, 6.07) is 7.26. The van der Waals surface area contributed by atoms with Gasteiger partial charge in [-0.25, -0.2) is 14.1 Å². The molecule has 5 rings (SSSR count). The van der Waals surface area contributed by atoms with Crippen LogP contribution in [-0.2, 0) is 23.8 Å². The monoisotopic (exact) mass is 511 g/mol. The third-order valence-corrected chi connectivity index (χ3v) is 6.15. The molecule has 7 nitrogen and oxygen atoms in total. The SMILES string of the molecule is COc1ccc2nccc(-n3cc4c(n3)CCC(NC(=O)/C=C/c3cc(F)ccc3C(F)(F)F)C4)c2n1. The molecule has 0 aliphatic heterocycles. The van der Waals surface area contributed by atoms with E-state index in [0.29, 0.717) is 42.2 Å². The van der Waals surface area contributed by atoms with Gasteiger partial charge in [-0.2, -0.15) is 18.3 Å². The van der Waals surface area contributed by atoms with Crippen molar-refractivity contribution in [2.45, 2.75) is 31.5 Å². The Morgan fingerprint density at radius 3 is 2.84 bits per heavy atom. The van der Waals surface area contributed by atoms with Crippen LogP contribution in [0.15, 0.2) is 54.9 Å². The second kappa shape index (κ2) is 9.64. The number of benzene rings is 1. The number of hydrogen-bond donors (Lipinski definition) is 1. The van der Waals surface area contributed by atoms with Gasteiger partial charge >= 0.3 is 6.18 Å². The predicted molar refractivity (Wildman–Crippen MR) is 128 cm³/mol. The van der Waals surface area contributed by atoms with Gasteiger partial charge in [0.15, 0.2) is 0 Å². The molecular weight excluding hydrogens is 490 g/mol. The van der Waals surface area contributed by atoms with Crippen LogP contribution in [0.3, 0.4) is 0 Å². The average molecular weight is 511 g/mol. The minimum atomic E-state index is -4.66. The number of fused-ring (bicyclic) bond motifs is 2. The highest BCUT2D eigenvalue weighted by molar-refractivity contribution is 5.92. The molecule has 11 heteroatoms. The summed E-state index contributed by atoms with van der Waals surface area (Å²) in [4.78, 5) is 21.3. The first-order valence-corrected chi connectivity index (χ1v) is 11.4. The molecule has 1 N–H and O–H groups in total. The van der Waals surface area contributed by atoms with Crippen molar-refractivity contribution in [2.24, 2.45) is 0 Å². The summed E-state index contributed by atoms with van der Waals surface area (Å²) in [5, 5.41) is 7.52. The quantitative estimate of drug-likeness (QED) is 0.311. The molecule has 3 aromatic heterocycles. The zero-order chi connectivity index (χ0) is 26.2. The summed E-state index contributed by atoms with van der Waals surface area (Å²) in [6.07, 6.45) is 2.58. The number of amides is 1. The van der Waals surface area contributed by atoms with Crippen molar-refractivity contribution >= 4 is 23.0 Å². The molecule has 0 saturated heterocycles. The second-order valence-corrected chi connectivity index (χ2v) is 8.61. The Labute approximate surface area is 208 Å². The molecule has 190 valence electrons. The first kappa shape index (κ1) is 24.4.